The van der Waals surface area contributed by atoms with E-state index < -0.39 is 11.9 Å². The second-order valence-electron chi connectivity index (χ2n) is 7.37. The fourth-order valence-corrected chi connectivity index (χ4v) is 3.12. The van der Waals surface area contributed by atoms with E-state index in [0.717, 1.165) is 11.1 Å². The van der Waals surface area contributed by atoms with E-state index in [9.17, 15) is 14.9 Å². The third-order valence-electron chi connectivity index (χ3n) is 4.93. The fraction of sp³-hybridized carbons (Fsp3) is 0.148. The molecule has 2 N–H and O–H groups in total. The number of aryl methyl sites for hydroxylation is 1. The van der Waals surface area contributed by atoms with Gasteiger partial charge >= 0.3 is 5.97 Å². The Hall–Kier alpha value is -4.57. The number of para-hydroxylation sites is 1. The van der Waals surface area contributed by atoms with Crippen LogP contribution >= 0.6 is 0 Å². The van der Waals surface area contributed by atoms with Crippen LogP contribution in [0.5, 0.6) is 11.5 Å². The van der Waals surface area contributed by atoms with Crippen LogP contribution in [-0.4, -0.2) is 23.6 Å². The Morgan fingerprint density at radius 1 is 1.03 bits per heavy atom. The Labute approximate surface area is 197 Å². The predicted octanol–water partition coefficient (Wildman–Crippen LogP) is 5.22. The molecule has 0 aliphatic carbocycles. The average Bonchev–Trinajstić information content (AvgIpc) is 2.83. The summed E-state index contributed by atoms with van der Waals surface area (Å²) >= 11 is 0. The number of anilines is 1. The van der Waals surface area contributed by atoms with Gasteiger partial charge in [0.1, 0.15) is 18.2 Å². The van der Waals surface area contributed by atoms with Crippen molar-refractivity contribution in [2.75, 3.05) is 11.9 Å². The molecule has 3 aromatic rings. The van der Waals surface area contributed by atoms with Gasteiger partial charge in [-0.05, 0) is 66.9 Å². The van der Waals surface area contributed by atoms with E-state index >= 15 is 0 Å². The first-order valence-corrected chi connectivity index (χ1v) is 10.6. The highest BCUT2D eigenvalue weighted by Gasteiger charge is 2.13. The summed E-state index contributed by atoms with van der Waals surface area (Å²) in [4.78, 5) is 23.6. The summed E-state index contributed by atoms with van der Waals surface area (Å²) in [6, 6.07) is 20.8. The van der Waals surface area contributed by atoms with Crippen LogP contribution in [0, 0.1) is 18.3 Å². The van der Waals surface area contributed by atoms with Crippen LogP contribution in [0.1, 0.15) is 34.0 Å². The Morgan fingerprint density at radius 3 is 2.41 bits per heavy atom. The van der Waals surface area contributed by atoms with Crippen LogP contribution in [0.15, 0.2) is 72.3 Å². The van der Waals surface area contributed by atoms with Crippen LogP contribution in [0.3, 0.4) is 0 Å². The minimum Gasteiger partial charge on any atom is -0.490 e. The number of carboxylic acid groups (broad SMARTS) is 1. The first-order valence-electron chi connectivity index (χ1n) is 10.6. The molecule has 0 radical (unpaired) electrons. The highest BCUT2D eigenvalue weighted by Crippen LogP contribution is 2.30. The van der Waals surface area contributed by atoms with Gasteiger partial charge in [0.05, 0.1) is 12.2 Å². The standard InChI is InChI=1S/C27H24N2O5/c1-3-33-25-15-20(14-22(16-28)26(30)29-23-7-5-4-6-18(23)2)10-13-24(25)34-17-19-8-11-21(12-9-19)27(31)32/h4-15H,3,17H2,1-2H3,(H,29,30)(H,31,32). The highest BCUT2D eigenvalue weighted by molar-refractivity contribution is 6.10. The molecule has 0 unspecified atom stereocenters. The number of rotatable bonds is 9. The van der Waals surface area contributed by atoms with E-state index in [-0.39, 0.29) is 17.7 Å². The van der Waals surface area contributed by atoms with Gasteiger partial charge in [0.15, 0.2) is 11.5 Å². The molecule has 3 aromatic carbocycles. The molecular formula is C27H24N2O5. The number of aromatic carboxylic acids is 1. The number of carbonyl (C=O) groups excluding carboxylic acids is 1. The van der Waals surface area contributed by atoms with E-state index in [1.165, 1.54) is 18.2 Å². The summed E-state index contributed by atoms with van der Waals surface area (Å²) in [5.41, 5.74) is 3.11. The lowest BCUT2D eigenvalue weighted by Crippen LogP contribution is -2.14. The third-order valence-corrected chi connectivity index (χ3v) is 4.93. The lowest BCUT2D eigenvalue weighted by atomic mass is 10.1. The van der Waals surface area contributed by atoms with Crippen molar-refractivity contribution in [2.45, 2.75) is 20.5 Å². The minimum atomic E-state index is -0.987. The van der Waals surface area contributed by atoms with Crippen LogP contribution < -0.4 is 14.8 Å². The topological polar surface area (TPSA) is 109 Å². The summed E-state index contributed by atoms with van der Waals surface area (Å²) in [6.45, 7) is 4.33. The zero-order chi connectivity index (χ0) is 24.5. The molecule has 34 heavy (non-hydrogen) atoms. The summed E-state index contributed by atoms with van der Waals surface area (Å²) in [5, 5.41) is 21.3. The van der Waals surface area contributed by atoms with Gasteiger partial charge in [0.2, 0.25) is 0 Å². The molecular weight excluding hydrogens is 432 g/mol. The molecule has 3 rings (SSSR count). The summed E-state index contributed by atoms with van der Waals surface area (Å²) in [6.07, 6.45) is 1.49. The first-order chi connectivity index (χ1) is 16.4. The normalized spacial score (nSPS) is 10.8. The molecule has 0 spiro atoms. The number of nitrogens with one attached hydrogen (secondary N) is 1. The first kappa shape index (κ1) is 24.1. The lowest BCUT2D eigenvalue weighted by molar-refractivity contribution is -0.112. The molecule has 0 bridgehead atoms. The van der Waals surface area contributed by atoms with E-state index in [4.69, 9.17) is 14.6 Å². The molecule has 7 heteroatoms. The number of nitrogens with zero attached hydrogens (tertiary/aromatic N) is 1. The molecule has 0 aromatic heterocycles. The van der Waals surface area contributed by atoms with Crippen LogP contribution in [-0.2, 0) is 11.4 Å². The van der Waals surface area contributed by atoms with Gasteiger partial charge in [-0.25, -0.2) is 4.79 Å². The van der Waals surface area contributed by atoms with Gasteiger partial charge in [0, 0.05) is 5.69 Å². The van der Waals surface area contributed by atoms with Crippen LogP contribution in [0.2, 0.25) is 0 Å². The van der Waals surface area contributed by atoms with Crippen LogP contribution in [0.4, 0.5) is 5.69 Å². The van der Waals surface area contributed by atoms with Gasteiger partial charge in [-0.15, -0.1) is 0 Å². The molecule has 0 fully saturated rings. The Bertz CT molecular complexity index is 1260. The zero-order valence-corrected chi connectivity index (χ0v) is 18.9. The molecule has 0 saturated carbocycles. The predicted molar refractivity (Wildman–Crippen MR) is 129 cm³/mol. The van der Waals surface area contributed by atoms with Crippen molar-refractivity contribution in [1.82, 2.24) is 0 Å². The second-order valence-corrected chi connectivity index (χ2v) is 7.37. The number of ether oxygens (including phenoxy) is 2. The highest BCUT2D eigenvalue weighted by atomic mass is 16.5. The number of hydrogen-bond donors (Lipinski definition) is 2. The van der Waals surface area contributed by atoms with Crippen molar-refractivity contribution >= 4 is 23.6 Å². The number of benzene rings is 3. The van der Waals surface area contributed by atoms with Crippen molar-refractivity contribution in [3.8, 4) is 17.6 Å². The maximum absolute atomic E-state index is 12.6. The Balaban J connectivity index is 1.77. The number of carbonyl (C=O) groups is 2. The molecule has 0 saturated heterocycles. The molecule has 7 nitrogen and oxygen atoms in total. The fourth-order valence-electron chi connectivity index (χ4n) is 3.12. The SMILES string of the molecule is CCOc1cc(C=C(C#N)C(=O)Nc2ccccc2C)ccc1OCc1ccc(C(=O)O)cc1. The molecule has 0 atom stereocenters. The van der Waals surface area contributed by atoms with Crippen molar-refractivity contribution in [2.24, 2.45) is 0 Å². The van der Waals surface area contributed by atoms with E-state index in [1.54, 1.807) is 36.4 Å². The van der Waals surface area contributed by atoms with Gasteiger partial charge in [-0.1, -0.05) is 36.4 Å². The van der Waals surface area contributed by atoms with Gasteiger partial charge in [-0.3, -0.25) is 4.79 Å². The van der Waals surface area contributed by atoms with Crippen molar-refractivity contribution in [3.63, 3.8) is 0 Å². The molecule has 0 aliphatic heterocycles. The molecule has 0 heterocycles. The van der Waals surface area contributed by atoms with Gasteiger partial charge in [-0.2, -0.15) is 5.26 Å². The largest absolute Gasteiger partial charge is 0.490 e. The second kappa shape index (κ2) is 11.3. The smallest absolute Gasteiger partial charge is 0.335 e. The van der Waals surface area contributed by atoms with Crippen molar-refractivity contribution in [1.29, 1.82) is 5.26 Å². The third kappa shape index (κ3) is 6.24. The van der Waals surface area contributed by atoms with Crippen molar-refractivity contribution < 1.29 is 24.2 Å². The molecule has 172 valence electrons. The quantitative estimate of drug-likeness (QED) is 0.338. The molecule has 0 aliphatic rings. The van der Waals surface area contributed by atoms with E-state index in [1.807, 2.05) is 38.1 Å². The minimum absolute atomic E-state index is 0.0436. The number of amides is 1. The van der Waals surface area contributed by atoms with Gasteiger partial charge in [0.25, 0.3) is 5.91 Å². The maximum atomic E-state index is 12.6. The Morgan fingerprint density at radius 2 is 1.76 bits per heavy atom. The number of carboxylic acids is 1. The average molecular weight is 456 g/mol. The Kier molecular flexibility index (Phi) is 8.03. The summed E-state index contributed by atoms with van der Waals surface area (Å²) in [7, 11) is 0. The number of hydrogen-bond acceptors (Lipinski definition) is 5. The lowest BCUT2D eigenvalue weighted by Gasteiger charge is -2.13. The molecule has 1 amide bonds. The van der Waals surface area contributed by atoms with Gasteiger partial charge < -0.3 is 19.9 Å². The monoisotopic (exact) mass is 456 g/mol. The summed E-state index contributed by atoms with van der Waals surface area (Å²) < 4.78 is 11.6. The maximum Gasteiger partial charge on any atom is 0.335 e. The van der Waals surface area contributed by atoms with E-state index in [2.05, 4.69) is 5.32 Å². The van der Waals surface area contributed by atoms with Crippen molar-refractivity contribution in [3.05, 3.63) is 94.6 Å². The van der Waals surface area contributed by atoms with Crippen LogP contribution in [0.25, 0.3) is 6.08 Å². The zero-order valence-electron chi connectivity index (χ0n) is 18.9. The van der Waals surface area contributed by atoms with E-state index in [0.29, 0.717) is 29.4 Å². The summed E-state index contributed by atoms with van der Waals surface area (Å²) in [5.74, 6) is -0.529. The number of nitriles is 1.